The Kier molecular flexibility index (Phi) is 8.02. The van der Waals surface area contributed by atoms with E-state index in [1.165, 1.54) is 19.2 Å². The van der Waals surface area contributed by atoms with Gasteiger partial charge in [-0.3, -0.25) is 9.29 Å². The molecule has 30 heavy (non-hydrogen) atoms. The Bertz CT molecular complexity index is 1060. The molecule has 0 unspecified atom stereocenters. The van der Waals surface area contributed by atoms with Crippen LogP contribution in [0.25, 0.3) is 0 Å². The lowest BCUT2D eigenvalue weighted by atomic mass is 10.2. The van der Waals surface area contributed by atoms with E-state index in [1.807, 2.05) is 25.1 Å². The molecule has 0 radical (unpaired) electrons. The van der Waals surface area contributed by atoms with Crippen molar-refractivity contribution in [2.45, 2.75) is 11.8 Å². The summed E-state index contributed by atoms with van der Waals surface area (Å²) in [4.78, 5) is 3.98. The van der Waals surface area contributed by atoms with Gasteiger partial charge in [-0.25, -0.2) is 12.8 Å². The van der Waals surface area contributed by atoms with E-state index in [0.717, 1.165) is 27.7 Å². The summed E-state index contributed by atoms with van der Waals surface area (Å²) < 4.78 is 45.7. The molecule has 1 aromatic heterocycles. The highest BCUT2D eigenvalue weighted by Crippen LogP contribution is 2.27. The molecule has 0 aliphatic rings. The first kappa shape index (κ1) is 23.4. The number of anilines is 2. The van der Waals surface area contributed by atoms with E-state index in [0.29, 0.717) is 24.6 Å². The molecule has 1 N–H and O–H groups in total. The number of halogens is 2. The van der Waals surface area contributed by atoms with E-state index in [4.69, 9.17) is 4.74 Å². The summed E-state index contributed by atoms with van der Waals surface area (Å²) in [5.74, 6) is 0.0795. The number of pyridine rings is 1. The molecule has 0 aliphatic carbocycles. The number of aryl methyl sites for hydroxylation is 1. The predicted molar refractivity (Wildman–Crippen MR) is 119 cm³/mol. The van der Waals surface area contributed by atoms with Gasteiger partial charge in [-0.15, -0.1) is 12.4 Å². The molecule has 3 rings (SSSR count). The third-order valence-electron chi connectivity index (χ3n) is 4.25. The van der Waals surface area contributed by atoms with Crippen LogP contribution in [0.2, 0.25) is 0 Å². The summed E-state index contributed by atoms with van der Waals surface area (Å²) in [6.45, 7) is 2.85. The lowest BCUT2D eigenvalue weighted by molar-refractivity contribution is 0.333. The van der Waals surface area contributed by atoms with Gasteiger partial charge in [0.2, 0.25) is 0 Å². The molecule has 0 saturated heterocycles. The van der Waals surface area contributed by atoms with Crippen LogP contribution < -0.4 is 14.4 Å². The van der Waals surface area contributed by atoms with Gasteiger partial charge in [-0.2, -0.15) is 0 Å². The molecular formula is C21H23ClFN3O3S. The molecule has 6 nitrogen and oxygen atoms in total. The lowest BCUT2D eigenvalue weighted by Gasteiger charge is -2.21. The minimum atomic E-state index is -3.81. The molecule has 3 aromatic rings. The Hall–Kier alpha value is -2.84. The van der Waals surface area contributed by atoms with Crippen LogP contribution in [0.4, 0.5) is 15.8 Å². The lowest BCUT2D eigenvalue weighted by Crippen LogP contribution is -2.26. The zero-order chi connectivity index (χ0) is 20.9. The maximum absolute atomic E-state index is 13.1. The fraction of sp³-hybridized carbons (Fsp3) is 0.190. The van der Waals surface area contributed by atoms with Crippen molar-refractivity contribution in [1.29, 1.82) is 0 Å². The summed E-state index contributed by atoms with van der Waals surface area (Å²) in [5.41, 5.74) is 2.27. The van der Waals surface area contributed by atoms with E-state index in [9.17, 15) is 12.8 Å². The van der Waals surface area contributed by atoms with Crippen molar-refractivity contribution >= 4 is 33.8 Å². The molecule has 9 heteroatoms. The number of hydrogen-bond donors (Lipinski definition) is 1. The average molecular weight is 452 g/mol. The number of hydrogen-bond acceptors (Lipinski definition) is 5. The van der Waals surface area contributed by atoms with Crippen LogP contribution in [0.3, 0.4) is 0 Å². The monoisotopic (exact) mass is 451 g/mol. The fourth-order valence-electron chi connectivity index (χ4n) is 2.73. The second-order valence-corrected chi connectivity index (χ2v) is 8.41. The highest BCUT2D eigenvalue weighted by molar-refractivity contribution is 7.92. The normalized spacial score (nSPS) is 10.8. The van der Waals surface area contributed by atoms with Gasteiger partial charge in [0.1, 0.15) is 18.2 Å². The number of ether oxygens (including phenoxy) is 1. The quantitative estimate of drug-likeness (QED) is 0.518. The van der Waals surface area contributed by atoms with Gasteiger partial charge in [0.25, 0.3) is 10.0 Å². The summed E-state index contributed by atoms with van der Waals surface area (Å²) in [6.07, 6.45) is 3.40. The van der Waals surface area contributed by atoms with E-state index in [2.05, 4.69) is 10.3 Å². The molecule has 0 atom stereocenters. The van der Waals surface area contributed by atoms with Crippen LogP contribution >= 0.6 is 12.4 Å². The minimum Gasteiger partial charge on any atom is -0.492 e. The Balaban J connectivity index is 0.00000320. The highest BCUT2D eigenvalue weighted by Gasteiger charge is 2.22. The first-order valence-electron chi connectivity index (χ1n) is 8.99. The summed E-state index contributed by atoms with van der Waals surface area (Å²) in [5, 5.41) is 3.22. The molecule has 0 bridgehead atoms. The van der Waals surface area contributed by atoms with Crippen molar-refractivity contribution in [3.8, 4) is 5.75 Å². The molecule has 0 aliphatic heterocycles. The van der Waals surface area contributed by atoms with Crippen molar-refractivity contribution in [2.75, 3.05) is 29.8 Å². The molecule has 0 saturated carbocycles. The summed E-state index contributed by atoms with van der Waals surface area (Å²) in [7, 11) is -2.35. The van der Waals surface area contributed by atoms with Crippen molar-refractivity contribution in [2.24, 2.45) is 0 Å². The second-order valence-electron chi connectivity index (χ2n) is 6.44. The van der Waals surface area contributed by atoms with Gasteiger partial charge in [0, 0.05) is 37.7 Å². The maximum Gasteiger partial charge on any atom is 0.264 e. The number of nitrogens with one attached hydrogen (secondary N) is 1. The smallest absolute Gasteiger partial charge is 0.264 e. The van der Waals surface area contributed by atoms with Crippen molar-refractivity contribution < 1.29 is 17.5 Å². The molecule has 1 heterocycles. The largest absolute Gasteiger partial charge is 0.492 e. The molecule has 0 spiro atoms. The number of nitrogens with zero attached hydrogens (tertiary/aromatic N) is 2. The first-order chi connectivity index (χ1) is 13.9. The number of sulfonamides is 1. The fourth-order valence-corrected chi connectivity index (χ4v) is 3.91. The third kappa shape index (κ3) is 5.84. The van der Waals surface area contributed by atoms with E-state index < -0.39 is 15.8 Å². The van der Waals surface area contributed by atoms with E-state index >= 15 is 0 Å². The topological polar surface area (TPSA) is 71.5 Å². The van der Waals surface area contributed by atoms with Crippen LogP contribution in [-0.4, -0.2) is 33.6 Å². The van der Waals surface area contributed by atoms with Gasteiger partial charge in [0.15, 0.2) is 0 Å². The van der Waals surface area contributed by atoms with Gasteiger partial charge in [0.05, 0.1) is 10.6 Å². The van der Waals surface area contributed by atoms with Gasteiger partial charge >= 0.3 is 0 Å². The SMILES string of the molecule is Cc1cc(OCCNc2ccncc2)cc(N(C)S(=O)(=O)c2ccc(F)cc2)c1.Cl. The molecular weight excluding hydrogens is 429 g/mol. The van der Waals surface area contributed by atoms with Crippen LogP contribution in [0.1, 0.15) is 5.56 Å². The molecule has 160 valence electrons. The first-order valence-corrected chi connectivity index (χ1v) is 10.4. The second kappa shape index (κ2) is 10.3. The molecule has 2 aromatic carbocycles. The van der Waals surface area contributed by atoms with Gasteiger partial charge < -0.3 is 10.1 Å². The van der Waals surface area contributed by atoms with Crippen molar-refractivity contribution in [3.05, 3.63) is 78.4 Å². The number of benzene rings is 2. The standard InChI is InChI=1S/C21H22FN3O3S.ClH/c1-16-13-19(25(2)29(26,27)21-5-3-17(22)4-6-21)15-20(14-16)28-12-11-24-18-7-9-23-10-8-18;/h3-10,13-15H,11-12H2,1-2H3,(H,23,24);1H. The Morgan fingerprint density at radius 2 is 1.73 bits per heavy atom. The van der Waals surface area contributed by atoms with Crippen LogP contribution in [0, 0.1) is 12.7 Å². The Morgan fingerprint density at radius 3 is 2.40 bits per heavy atom. The summed E-state index contributed by atoms with van der Waals surface area (Å²) in [6, 6.07) is 13.7. The minimum absolute atomic E-state index is 0. The van der Waals surface area contributed by atoms with Crippen molar-refractivity contribution in [1.82, 2.24) is 4.98 Å². The van der Waals surface area contributed by atoms with Crippen LogP contribution in [0.15, 0.2) is 71.9 Å². The zero-order valence-electron chi connectivity index (χ0n) is 16.6. The summed E-state index contributed by atoms with van der Waals surface area (Å²) >= 11 is 0. The number of rotatable bonds is 8. The average Bonchev–Trinajstić information content (AvgIpc) is 2.71. The predicted octanol–water partition coefficient (Wildman–Crippen LogP) is 4.27. The number of aromatic nitrogens is 1. The molecule has 0 fully saturated rings. The van der Waals surface area contributed by atoms with Crippen LogP contribution in [-0.2, 0) is 10.0 Å². The van der Waals surface area contributed by atoms with E-state index in [-0.39, 0.29) is 17.3 Å². The third-order valence-corrected chi connectivity index (χ3v) is 6.05. The molecule has 0 amide bonds. The highest BCUT2D eigenvalue weighted by atomic mass is 35.5. The van der Waals surface area contributed by atoms with Gasteiger partial charge in [-0.1, -0.05) is 0 Å². The Labute approximate surface area is 182 Å². The maximum atomic E-state index is 13.1. The van der Waals surface area contributed by atoms with Crippen LogP contribution in [0.5, 0.6) is 5.75 Å². The van der Waals surface area contributed by atoms with Crippen molar-refractivity contribution in [3.63, 3.8) is 0 Å². The Morgan fingerprint density at radius 1 is 1.07 bits per heavy atom. The zero-order valence-corrected chi connectivity index (χ0v) is 18.2. The van der Waals surface area contributed by atoms with E-state index in [1.54, 1.807) is 24.5 Å². The van der Waals surface area contributed by atoms with Gasteiger partial charge in [-0.05, 0) is 61.0 Å².